The Morgan fingerprint density at radius 1 is 1.12 bits per heavy atom. The lowest BCUT2D eigenvalue weighted by molar-refractivity contribution is 0.422. The molecule has 24 heavy (non-hydrogen) atoms. The van der Waals surface area contributed by atoms with E-state index in [1.807, 2.05) is 31.3 Å². The first-order valence-corrected chi connectivity index (χ1v) is 8.18. The van der Waals surface area contributed by atoms with E-state index in [0.29, 0.717) is 11.8 Å². The Kier molecular flexibility index (Phi) is 3.72. The second-order valence-electron chi connectivity index (χ2n) is 6.26. The fraction of sp³-hybridized carbons (Fsp3) is 0.333. The number of nitrogens with zero attached hydrogens (tertiary/aromatic N) is 4. The van der Waals surface area contributed by atoms with E-state index in [0.717, 1.165) is 41.3 Å². The molecular formula is C18H19N5O. The van der Waals surface area contributed by atoms with Gasteiger partial charge in [0.25, 0.3) is 5.89 Å². The highest BCUT2D eigenvalue weighted by Gasteiger charge is 2.29. The van der Waals surface area contributed by atoms with Crippen LogP contribution < -0.4 is 5.32 Å². The van der Waals surface area contributed by atoms with Crippen molar-refractivity contribution in [1.82, 2.24) is 20.1 Å². The quantitative estimate of drug-likeness (QED) is 0.768. The summed E-state index contributed by atoms with van der Waals surface area (Å²) in [5.74, 6) is 2.63. The number of hydrogen-bond donors (Lipinski definition) is 1. The zero-order valence-electron chi connectivity index (χ0n) is 13.7. The lowest BCUT2D eigenvalue weighted by atomic mass is 10.1. The van der Waals surface area contributed by atoms with E-state index in [-0.39, 0.29) is 6.04 Å². The summed E-state index contributed by atoms with van der Waals surface area (Å²) in [4.78, 5) is 13.2. The van der Waals surface area contributed by atoms with E-state index >= 15 is 0 Å². The van der Waals surface area contributed by atoms with Gasteiger partial charge in [-0.25, -0.2) is 4.98 Å². The Balaban J connectivity index is 1.45. The van der Waals surface area contributed by atoms with Gasteiger partial charge in [0.1, 0.15) is 5.82 Å². The maximum Gasteiger partial charge on any atom is 0.259 e. The van der Waals surface area contributed by atoms with Gasteiger partial charge in [-0.3, -0.25) is 4.98 Å². The summed E-state index contributed by atoms with van der Waals surface area (Å²) in [5, 5.41) is 7.41. The Bertz CT molecular complexity index is 821. The Hall–Kier alpha value is -2.76. The van der Waals surface area contributed by atoms with Gasteiger partial charge in [-0.05, 0) is 50.5 Å². The number of nitrogens with one attached hydrogen (secondary N) is 1. The van der Waals surface area contributed by atoms with Crippen LogP contribution in [-0.2, 0) is 0 Å². The lowest BCUT2D eigenvalue weighted by Crippen LogP contribution is -2.08. The van der Waals surface area contributed by atoms with Gasteiger partial charge >= 0.3 is 0 Å². The first-order valence-electron chi connectivity index (χ1n) is 8.18. The second-order valence-corrected chi connectivity index (χ2v) is 6.26. The van der Waals surface area contributed by atoms with Crippen molar-refractivity contribution >= 4 is 5.82 Å². The molecule has 1 saturated carbocycles. The van der Waals surface area contributed by atoms with E-state index in [9.17, 15) is 0 Å². The van der Waals surface area contributed by atoms with Gasteiger partial charge in [0.05, 0.1) is 11.6 Å². The molecule has 1 aliphatic carbocycles. The number of aromatic nitrogens is 4. The molecule has 1 N–H and O–H groups in total. The number of aryl methyl sites for hydroxylation is 1. The maximum atomic E-state index is 5.32. The average molecular weight is 321 g/mol. The molecule has 1 aliphatic rings. The molecule has 1 fully saturated rings. The first kappa shape index (κ1) is 14.8. The van der Waals surface area contributed by atoms with Gasteiger partial charge < -0.3 is 9.84 Å². The van der Waals surface area contributed by atoms with Crippen LogP contribution in [0.25, 0.3) is 11.5 Å². The van der Waals surface area contributed by atoms with E-state index in [4.69, 9.17) is 4.52 Å². The number of anilines is 1. The summed E-state index contributed by atoms with van der Waals surface area (Å²) in [5.41, 5.74) is 2.97. The SMILES string of the molecule is Cc1ccc(C(C)Nc2ccc(-c3nc(C4CC4)no3)cn2)cn1. The zero-order chi connectivity index (χ0) is 16.5. The van der Waals surface area contributed by atoms with E-state index in [1.54, 1.807) is 6.20 Å². The minimum Gasteiger partial charge on any atom is -0.363 e. The first-order chi connectivity index (χ1) is 11.7. The molecule has 0 bridgehead atoms. The predicted molar refractivity (Wildman–Crippen MR) is 90.5 cm³/mol. The molecular weight excluding hydrogens is 302 g/mol. The third kappa shape index (κ3) is 3.13. The molecule has 3 aromatic heterocycles. The monoisotopic (exact) mass is 321 g/mol. The summed E-state index contributed by atoms with van der Waals surface area (Å²) in [7, 11) is 0. The van der Waals surface area contributed by atoms with Crippen molar-refractivity contribution in [1.29, 1.82) is 0 Å². The van der Waals surface area contributed by atoms with Gasteiger partial charge in [-0.1, -0.05) is 11.2 Å². The summed E-state index contributed by atoms with van der Waals surface area (Å²) in [6.07, 6.45) is 5.96. The molecule has 0 saturated heterocycles. The molecule has 6 nitrogen and oxygen atoms in total. The minimum absolute atomic E-state index is 0.126. The smallest absolute Gasteiger partial charge is 0.259 e. The molecule has 0 aromatic carbocycles. The van der Waals surface area contributed by atoms with Gasteiger partial charge in [-0.15, -0.1) is 0 Å². The Morgan fingerprint density at radius 2 is 2.00 bits per heavy atom. The molecule has 3 aromatic rings. The molecule has 0 radical (unpaired) electrons. The van der Waals surface area contributed by atoms with Crippen molar-refractivity contribution in [2.24, 2.45) is 0 Å². The standard InChI is InChI=1S/C18H19N5O/c1-11-3-4-14(9-19-11)12(2)21-16-8-7-15(10-20-16)18-22-17(23-24-18)13-5-6-13/h3-4,7-10,12-13H,5-6H2,1-2H3,(H,20,21). The molecule has 0 aliphatic heterocycles. The van der Waals surface area contributed by atoms with Crippen molar-refractivity contribution in [2.45, 2.75) is 38.6 Å². The highest BCUT2D eigenvalue weighted by atomic mass is 16.5. The topological polar surface area (TPSA) is 76.7 Å². The minimum atomic E-state index is 0.126. The van der Waals surface area contributed by atoms with Gasteiger partial charge in [-0.2, -0.15) is 4.98 Å². The van der Waals surface area contributed by atoms with Gasteiger partial charge in [0.15, 0.2) is 5.82 Å². The molecule has 4 rings (SSSR count). The van der Waals surface area contributed by atoms with Crippen LogP contribution in [0.15, 0.2) is 41.2 Å². The molecule has 3 heterocycles. The van der Waals surface area contributed by atoms with Crippen LogP contribution in [0.4, 0.5) is 5.82 Å². The van der Waals surface area contributed by atoms with Crippen molar-refractivity contribution in [3.63, 3.8) is 0 Å². The van der Waals surface area contributed by atoms with Gasteiger partial charge in [0, 0.05) is 24.0 Å². The summed E-state index contributed by atoms with van der Waals surface area (Å²) >= 11 is 0. The van der Waals surface area contributed by atoms with Crippen LogP contribution in [0.3, 0.4) is 0 Å². The van der Waals surface area contributed by atoms with Crippen LogP contribution in [0, 0.1) is 6.92 Å². The van der Waals surface area contributed by atoms with Crippen LogP contribution in [0.2, 0.25) is 0 Å². The third-order valence-electron chi connectivity index (χ3n) is 4.19. The van der Waals surface area contributed by atoms with Crippen LogP contribution in [-0.4, -0.2) is 20.1 Å². The molecule has 1 atom stereocenters. The highest BCUT2D eigenvalue weighted by molar-refractivity contribution is 5.54. The number of rotatable bonds is 5. The van der Waals surface area contributed by atoms with Gasteiger partial charge in [0.2, 0.25) is 0 Å². The summed E-state index contributed by atoms with van der Waals surface area (Å²) in [6.45, 7) is 4.07. The van der Waals surface area contributed by atoms with Crippen molar-refractivity contribution < 1.29 is 4.52 Å². The van der Waals surface area contributed by atoms with Crippen molar-refractivity contribution in [3.05, 3.63) is 53.7 Å². The largest absolute Gasteiger partial charge is 0.363 e. The fourth-order valence-corrected chi connectivity index (χ4v) is 2.51. The zero-order valence-corrected chi connectivity index (χ0v) is 13.7. The summed E-state index contributed by atoms with van der Waals surface area (Å²) in [6, 6.07) is 8.08. The van der Waals surface area contributed by atoms with E-state index in [1.165, 1.54) is 0 Å². The average Bonchev–Trinajstić information content (AvgIpc) is 3.33. The highest BCUT2D eigenvalue weighted by Crippen LogP contribution is 2.38. The van der Waals surface area contributed by atoms with E-state index < -0.39 is 0 Å². The van der Waals surface area contributed by atoms with Crippen LogP contribution in [0.1, 0.15) is 48.8 Å². The lowest BCUT2D eigenvalue weighted by Gasteiger charge is -2.14. The molecule has 122 valence electrons. The summed E-state index contributed by atoms with van der Waals surface area (Å²) < 4.78 is 5.32. The number of hydrogen-bond acceptors (Lipinski definition) is 6. The van der Waals surface area contributed by atoms with Crippen molar-refractivity contribution in [3.8, 4) is 11.5 Å². The molecule has 6 heteroatoms. The molecule has 0 spiro atoms. The molecule has 1 unspecified atom stereocenters. The second kappa shape index (κ2) is 6.03. The van der Waals surface area contributed by atoms with Crippen molar-refractivity contribution in [2.75, 3.05) is 5.32 Å². The number of pyridine rings is 2. The normalized spacial score (nSPS) is 15.2. The Morgan fingerprint density at radius 3 is 2.67 bits per heavy atom. The van der Waals surface area contributed by atoms with Crippen LogP contribution in [0.5, 0.6) is 0 Å². The Labute approximate surface area is 140 Å². The predicted octanol–water partition coefficient (Wildman–Crippen LogP) is 3.89. The third-order valence-corrected chi connectivity index (χ3v) is 4.19. The van der Waals surface area contributed by atoms with Crippen LogP contribution >= 0.6 is 0 Å². The maximum absolute atomic E-state index is 5.32. The molecule has 0 amide bonds. The van der Waals surface area contributed by atoms with E-state index in [2.05, 4.69) is 38.4 Å². The fourth-order valence-electron chi connectivity index (χ4n) is 2.51.